The van der Waals surface area contributed by atoms with E-state index in [2.05, 4.69) is 6.07 Å². The predicted octanol–water partition coefficient (Wildman–Crippen LogP) is 7.72. The van der Waals surface area contributed by atoms with Crippen LogP contribution in [0.5, 0.6) is 0 Å². The van der Waals surface area contributed by atoms with Gasteiger partial charge in [-0.25, -0.2) is 0 Å². The Morgan fingerprint density at radius 1 is 0.857 bits per heavy atom. The van der Waals surface area contributed by atoms with Gasteiger partial charge in [-0.3, -0.25) is 9.59 Å². The van der Waals surface area contributed by atoms with Gasteiger partial charge >= 0.3 is 5.97 Å². The SMILES string of the molecule is CCOC(=O)[C@]1(C#N)[C@H](c2ccc(Cl)cc2)C[C@](O)(c2ccccc2)[C@H](C(=O)c2ccccc2)[C@@H]1c1ccc(Cl)cc1. The number of halogens is 2. The summed E-state index contributed by atoms with van der Waals surface area (Å²) < 4.78 is 5.63. The summed E-state index contributed by atoms with van der Waals surface area (Å²) in [6.07, 6.45) is -0.0989. The molecule has 0 aliphatic heterocycles. The number of hydrogen-bond acceptors (Lipinski definition) is 5. The van der Waals surface area contributed by atoms with E-state index >= 15 is 0 Å². The van der Waals surface area contributed by atoms with Crippen molar-refractivity contribution < 1.29 is 19.4 Å². The lowest BCUT2D eigenvalue weighted by Gasteiger charge is -2.54. The molecule has 42 heavy (non-hydrogen) atoms. The topological polar surface area (TPSA) is 87.4 Å². The van der Waals surface area contributed by atoms with Gasteiger partial charge in [0.2, 0.25) is 0 Å². The minimum atomic E-state index is -1.90. The second-order valence-electron chi connectivity index (χ2n) is 10.5. The Kier molecular flexibility index (Phi) is 8.52. The lowest BCUT2D eigenvalue weighted by atomic mass is 9.47. The highest BCUT2D eigenvalue weighted by Gasteiger charge is 2.67. The smallest absolute Gasteiger partial charge is 0.327 e. The Morgan fingerprint density at radius 2 is 1.38 bits per heavy atom. The first-order chi connectivity index (χ1) is 20.3. The first kappa shape index (κ1) is 29.5. The largest absolute Gasteiger partial charge is 0.465 e. The molecular formula is C35H29Cl2NO4. The molecule has 5 rings (SSSR count). The van der Waals surface area contributed by atoms with Crippen LogP contribution in [0, 0.1) is 22.7 Å². The molecule has 5 nitrogen and oxygen atoms in total. The van der Waals surface area contributed by atoms with Gasteiger partial charge in [-0.05, 0) is 54.3 Å². The van der Waals surface area contributed by atoms with Gasteiger partial charge in [0, 0.05) is 27.4 Å². The predicted molar refractivity (Wildman–Crippen MR) is 162 cm³/mol. The maximum atomic E-state index is 14.6. The van der Waals surface area contributed by atoms with Crippen LogP contribution in [-0.2, 0) is 15.1 Å². The molecule has 0 bridgehead atoms. The summed E-state index contributed by atoms with van der Waals surface area (Å²) in [6.45, 7) is 1.70. The average molecular weight is 599 g/mol. The van der Waals surface area contributed by atoms with Crippen LogP contribution in [0.25, 0.3) is 0 Å². The Morgan fingerprint density at radius 3 is 1.90 bits per heavy atom. The molecule has 1 N–H and O–H groups in total. The van der Waals surface area contributed by atoms with E-state index in [9.17, 15) is 20.0 Å². The quantitative estimate of drug-likeness (QED) is 0.174. The van der Waals surface area contributed by atoms with E-state index in [4.69, 9.17) is 27.9 Å². The third kappa shape index (κ3) is 5.12. The molecule has 4 aromatic carbocycles. The zero-order valence-corrected chi connectivity index (χ0v) is 24.4. The summed E-state index contributed by atoms with van der Waals surface area (Å²) in [5, 5.41) is 25.0. The van der Waals surface area contributed by atoms with Gasteiger partial charge in [-0.2, -0.15) is 5.26 Å². The van der Waals surface area contributed by atoms with E-state index < -0.39 is 34.7 Å². The number of carbonyl (C=O) groups is 2. The standard InChI is InChI=1S/C35H29Cl2NO4/c1-2-42-33(40)34(22-38)29(23-13-17-27(36)18-14-23)21-35(41,26-11-7-4-8-12-26)31(32(39)25-9-5-3-6-10-25)30(34)24-15-19-28(37)20-16-24/h3-20,29-31,41H,2,21H2,1H3/t29-,30-,31-,34+,35-/m0/s1. The van der Waals surface area contributed by atoms with Crippen molar-refractivity contribution in [3.63, 3.8) is 0 Å². The van der Waals surface area contributed by atoms with Crippen molar-refractivity contribution in [3.05, 3.63) is 141 Å². The maximum Gasteiger partial charge on any atom is 0.327 e. The molecule has 212 valence electrons. The normalized spacial score (nSPS) is 25.3. The minimum absolute atomic E-state index is 0.0309. The van der Waals surface area contributed by atoms with E-state index in [-0.39, 0.29) is 18.8 Å². The number of carbonyl (C=O) groups excluding carboxylic acids is 2. The molecule has 0 amide bonds. The van der Waals surface area contributed by atoms with Crippen molar-refractivity contribution in [3.8, 4) is 6.07 Å². The maximum absolute atomic E-state index is 14.6. The lowest BCUT2D eigenvalue weighted by Crippen LogP contribution is -2.59. The summed E-state index contributed by atoms with van der Waals surface area (Å²) in [4.78, 5) is 28.9. The molecule has 1 saturated carbocycles. The molecule has 0 unspecified atom stereocenters. The lowest BCUT2D eigenvalue weighted by molar-refractivity contribution is -0.164. The van der Waals surface area contributed by atoms with E-state index in [0.717, 1.165) is 0 Å². The summed E-state index contributed by atoms with van der Waals surface area (Å²) in [7, 11) is 0. The first-order valence-corrected chi connectivity index (χ1v) is 14.5. The average Bonchev–Trinajstić information content (AvgIpc) is 3.02. The van der Waals surface area contributed by atoms with E-state index in [1.165, 1.54) is 0 Å². The number of ether oxygens (including phenoxy) is 1. The van der Waals surface area contributed by atoms with Crippen LogP contribution in [-0.4, -0.2) is 23.5 Å². The van der Waals surface area contributed by atoms with Crippen molar-refractivity contribution in [1.29, 1.82) is 5.26 Å². The molecule has 5 atom stereocenters. The van der Waals surface area contributed by atoms with Crippen LogP contribution in [0.1, 0.15) is 52.2 Å². The number of ketones is 1. The van der Waals surface area contributed by atoms with E-state index in [0.29, 0.717) is 32.3 Å². The molecule has 7 heteroatoms. The molecule has 1 aliphatic rings. The van der Waals surface area contributed by atoms with Crippen LogP contribution < -0.4 is 0 Å². The zero-order chi connectivity index (χ0) is 29.9. The van der Waals surface area contributed by atoms with Crippen LogP contribution in [0.15, 0.2) is 109 Å². The first-order valence-electron chi connectivity index (χ1n) is 13.7. The van der Waals surface area contributed by atoms with Crippen LogP contribution >= 0.6 is 23.2 Å². The van der Waals surface area contributed by atoms with Gasteiger partial charge in [-0.1, -0.05) is 108 Å². The fourth-order valence-electron chi connectivity index (χ4n) is 6.44. The number of nitriles is 1. The van der Waals surface area contributed by atoms with Gasteiger partial charge < -0.3 is 9.84 Å². The monoisotopic (exact) mass is 597 g/mol. The molecule has 4 aromatic rings. The molecule has 0 radical (unpaired) electrons. The number of nitrogens with zero attached hydrogens (tertiary/aromatic N) is 1. The van der Waals surface area contributed by atoms with Crippen LogP contribution in [0.2, 0.25) is 10.0 Å². The Bertz CT molecular complexity index is 1600. The third-order valence-corrected chi connectivity index (χ3v) is 8.82. The molecule has 0 aromatic heterocycles. The summed E-state index contributed by atoms with van der Waals surface area (Å²) in [5.41, 5.74) is -1.68. The fraction of sp³-hybridized carbons (Fsp3) is 0.229. The molecule has 0 spiro atoms. The van der Waals surface area contributed by atoms with Gasteiger partial charge in [0.25, 0.3) is 0 Å². The molecule has 0 heterocycles. The Balaban J connectivity index is 1.89. The zero-order valence-electron chi connectivity index (χ0n) is 22.9. The second-order valence-corrected chi connectivity index (χ2v) is 11.4. The van der Waals surface area contributed by atoms with Crippen LogP contribution in [0.3, 0.4) is 0 Å². The summed E-state index contributed by atoms with van der Waals surface area (Å²) in [5.74, 6) is -4.37. The summed E-state index contributed by atoms with van der Waals surface area (Å²) in [6, 6.07) is 33.5. The summed E-state index contributed by atoms with van der Waals surface area (Å²) >= 11 is 12.5. The third-order valence-electron chi connectivity index (χ3n) is 8.32. The number of hydrogen-bond donors (Lipinski definition) is 1. The van der Waals surface area contributed by atoms with Crippen LogP contribution in [0.4, 0.5) is 0 Å². The molecule has 0 saturated heterocycles. The van der Waals surface area contributed by atoms with Crippen molar-refractivity contribution in [2.24, 2.45) is 11.3 Å². The minimum Gasteiger partial charge on any atom is -0.465 e. The number of aliphatic hydroxyl groups is 1. The van der Waals surface area contributed by atoms with Crippen molar-refractivity contribution >= 4 is 35.0 Å². The van der Waals surface area contributed by atoms with Crippen molar-refractivity contribution in [2.45, 2.75) is 30.8 Å². The number of esters is 1. The van der Waals surface area contributed by atoms with E-state index in [1.54, 1.807) is 110 Å². The van der Waals surface area contributed by atoms with Gasteiger partial charge in [-0.15, -0.1) is 0 Å². The van der Waals surface area contributed by atoms with E-state index in [1.807, 2.05) is 6.07 Å². The highest BCUT2D eigenvalue weighted by atomic mass is 35.5. The Labute approximate surface area is 255 Å². The van der Waals surface area contributed by atoms with Crippen molar-refractivity contribution in [1.82, 2.24) is 0 Å². The van der Waals surface area contributed by atoms with Gasteiger partial charge in [0.15, 0.2) is 11.2 Å². The number of benzene rings is 4. The Hall–Kier alpha value is -3.95. The fourth-order valence-corrected chi connectivity index (χ4v) is 6.70. The van der Waals surface area contributed by atoms with Gasteiger partial charge in [0.1, 0.15) is 5.60 Å². The van der Waals surface area contributed by atoms with Gasteiger partial charge in [0.05, 0.1) is 18.6 Å². The molecular weight excluding hydrogens is 569 g/mol. The highest BCUT2D eigenvalue weighted by Crippen LogP contribution is 2.63. The number of rotatable bonds is 7. The molecule has 1 aliphatic carbocycles. The molecule has 1 fully saturated rings. The van der Waals surface area contributed by atoms with Crippen molar-refractivity contribution in [2.75, 3.05) is 6.61 Å². The number of Topliss-reactive ketones (excluding diaryl/α,β-unsaturated/α-hetero) is 1. The highest BCUT2D eigenvalue weighted by molar-refractivity contribution is 6.30. The second kappa shape index (κ2) is 12.1.